The second kappa shape index (κ2) is 8.83. The largest absolute Gasteiger partial charge is 0.479 e. The molecule has 0 aromatic rings. The van der Waals surface area contributed by atoms with Gasteiger partial charge in [0.25, 0.3) is 0 Å². The summed E-state index contributed by atoms with van der Waals surface area (Å²) in [7, 11) is 0. The summed E-state index contributed by atoms with van der Waals surface area (Å²) in [6.07, 6.45) is 2.40. The normalized spacial score (nSPS) is 28.6. The SMILES string of the molecule is CC(C)(C)C1C2CC(C(=O)OCCCC(=O)OCC(=O)O)C(C2)C1C(C)(C)C.[Rf]. The van der Waals surface area contributed by atoms with Gasteiger partial charge in [0.05, 0.1) is 12.5 Å². The van der Waals surface area contributed by atoms with E-state index in [1.165, 1.54) is 0 Å². The van der Waals surface area contributed by atoms with E-state index in [-0.39, 0.29) is 35.7 Å². The molecule has 0 spiro atoms. The molecule has 2 saturated carbocycles. The van der Waals surface area contributed by atoms with Gasteiger partial charge < -0.3 is 14.6 Å². The second-order valence-electron chi connectivity index (χ2n) is 10.6. The Morgan fingerprint density at radius 2 is 1.52 bits per heavy atom. The summed E-state index contributed by atoms with van der Waals surface area (Å²) in [6.45, 7) is 13.3. The van der Waals surface area contributed by atoms with Gasteiger partial charge in [0.2, 0.25) is 0 Å². The van der Waals surface area contributed by atoms with Crippen molar-refractivity contribution in [2.75, 3.05) is 13.2 Å². The summed E-state index contributed by atoms with van der Waals surface area (Å²) in [5.74, 6) is 0.0809. The van der Waals surface area contributed by atoms with Crippen molar-refractivity contribution in [3.8, 4) is 0 Å². The zero-order valence-corrected chi connectivity index (χ0v) is 25.2. The third-order valence-corrected chi connectivity index (χ3v) is 6.43. The molecule has 5 atom stereocenters. The average molecular weight is 664 g/mol. The number of hydrogen-bond acceptors (Lipinski definition) is 5. The molecule has 0 aromatic carbocycles. The quantitative estimate of drug-likeness (QED) is 0.329. The Kier molecular flexibility index (Phi) is 7.44. The van der Waals surface area contributed by atoms with Gasteiger partial charge in [-0.2, -0.15) is 0 Å². The van der Waals surface area contributed by atoms with Gasteiger partial charge in [-0.1, -0.05) is 41.5 Å². The molecule has 29 heavy (non-hydrogen) atoms. The Morgan fingerprint density at radius 1 is 0.931 bits per heavy atom. The molecule has 6 nitrogen and oxygen atoms in total. The Balaban J connectivity index is 0.00000420. The van der Waals surface area contributed by atoms with Gasteiger partial charge in [0.15, 0.2) is 6.61 Å². The van der Waals surface area contributed by atoms with Crippen molar-refractivity contribution >= 4 is 17.9 Å². The first-order valence-corrected chi connectivity index (χ1v) is 10.4. The van der Waals surface area contributed by atoms with Crippen LogP contribution in [0, 0.1) is 40.4 Å². The van der Waals surface area contributed by atoms with Crippen LogP contribution in [0.4, 0.5) is 0 Å². The minimum Gasteiger partial charge on any atom is -0.479 e. The van der Waals surface area contributed by atoms with Crippen LogP contribution in [-0.4, -0.2) is 36.2 Å². The fourth-order valence-electron chi connectivity index (χ4n) is 5.77. The molecule has 2 fully saturated rings. The number of fused-ring (bicyclic) bond motifs is 2. The molecule has 1 N–H and O–H groups in total. The van der Waals surface area contributed by atoms with Gasteiger partial charge in [-0.25, -0.2) is 4.79 Å². The molecule has 0 aliphatic heterocycles. The maximum atomic E-state index is 12.7. The Morgan fingerprint density at radius 3 is 2.03 bits per heavy atom. The summed E-state index contributed by atoms with van der Waals surface area (Å²) in [4.78, 5) is 34.5. The van der Waals surface area contributed by atoms with E-state index in [2.05, 4.69) is 46.3 Å². The molecule has 0 radical (unpaired) electrons. The number of hydrogen-bond donors (Lipinski definition) is 1. The van der Waals surface area contributed by atoms with E-state index in [0.29, 0.717) is 30.1 Å². The van der Waals surface area contributed by atoms with Crippen LogP contribution in [0.15, 0.2) is 0 Å². The molecule has 0 heterocycles. The Bertz CT molecular complexity index is 603. The number of carboxylic acids is 1. The minimum absolute atomic E-state index is 0. The molecular weight excluding hydrogens is 627 g/mol. The second-order valence-corrected chi connectivity index (χ2v) is 10.6. The standard InChI is InChI=1S/C22H36O6.Rf/c1-21(2,3)18-13-10-14(19(18)22(4,5)6)15(11-13)20(26)27-9-7-8-17(25)28-12-16(23)24;/h13-15,18-19H,7-12H2,1-6H3,(H,23,24);. The van der Waals surface area contributed by atoms with E-state index in [9.17, 15) is 14.4 Å². The fourth-order valence-corrected chi connectivity index (χ4v) is 5.77. The molecule has 0 amide bonds. The summed E-state index contributed by atoms with van der Waals surface area (Å²) >= 11 is 0. The third-order valence-electron chi connectivity index (χ3n) is 6.43. The summed E-state index contributed by atoms with van der Waals surface area (Å²) in [5, 5.41) is 8.48. The van der Waals surface area contributed by atoms with Crippen LogP contribution in [-0.2, 0) is 23.9 Å². The minimum atomic E-state index is -1.18. The number of carbonyl (C=O) groups excluding carboxylic acids is 2. The van der Waals surface area contributed by atoms with Gasteiger partial charge in [-0.05, 0) is 53.8 Å². The predicted molar refractivity (Wildman–Crippen MR) is 104 cm³/mol. The molecule has 2 bridgehead atoms. The number of carbonyl (C=O) groups is 3. The van der Waals surface area contributed by atoms with Gasteiger partial charge in [0.1, 0.15) is 0 Å². The van der Waals surface area contributed by atoms with Crippen LogP contribution in [0.2, 0.25) is 0 Å². The van der Waals surface area contributed by atoms with Crippen LogP contribution in [0.25, 0.3) is 0 Å². The Labute approximate surface area is 168 Å². The molecule has 2 rings (SSSR count). The van der Waals surface area contributed by atoms with Crippen molar-refractivity contribution in [3.63, 3.8) is 0 Å². The first kappa shape index (κ1) is 24.4. The zero-order valence-electron chi connectivity index (χ0n) is 18.8. The van der Waals surface area contributed by atoms with Crippen molar-refractivity contribution in [2.45, 2.75) is 67.2 Å². The number of carboxylic acid groups (broad SMARTS) is 1. The van der Waals surface area contributed by atoms with E-state index in [1.807, 2.05) is 0 Å². The van der Waals surface area contributed by atoms with Crippen LogP contribution in [0.1, 0.15) is 67.2 Å². The number of esters is 2. The molecule has 2 aliphatic rings. The van der Waals surface area contributed by atoms with Gasteiger partial charge in [-0.3, -0.25) is 9.59 Å². The van der Waals surface area contributed by atoms with Crippen molar-refractivity contribution in [3.05, 3.63) is 0 Å². The van der Waals surface area contributed by atoms with Crippen LogP contribution in [0.3, 0.4) is 0 Å². The number of ether oxygens (including phenoxy) is 2. The number of rotatable bonds is 7. The summed E-state index contributed by atoms with van der Waals surface area (Å²) in [6, 6.07) is 0. The van der Waals surface area contributed by atoms with Gasteiger partial charge >= 0.3 is 17.9 Å². The van der Waals surface area contributed by atoms with Crippen molar-refractivity contribution in [1.82, 2.24) is 0 Å². The summed E-state index contributed by atoms with van der Waals surface area (Å²) in [5.41, 5.74) is 0.368. The van der Waals surface area contributed by atoms with E-state index in [4.69, 9.17) is 9.84 Å². The summed E-state index contributed by atoms with van der Waals surface area (Å²) < 4.78 is 10.0. The predicted octanol–water partition coefficient (Wildman–Crippen LogP) is 3.92. The van der Waals surface area contributed by atoms with Crippen LogP contribution in [0.5, 0.6) is 0 Å². The topological polar surface area (TPSA) is 89.9 Å². The maximum absolute atomic E-state index is 12.7. The first-order chi connectivity index (χ1) is 12.8. The van der Waals surface area contributed by atoms with Gasteiger partial charge in [-0.15, -0.1) is 0 Å². The molecule has 5 unspecified atom stereocenters. The molecular formula is C22H36O6Rf. The molecule has 162 valence electrons. The first-order valence-electron chi connectivity index (χ1n) is 10.4. The molecule has 0 saturated heterocycles. The third kappa shape index (κ3) is 5.70. The maximum Gasteiger partial charge on any atom is 0.341 e. The van der Waals surface area contributed by atoms with E-state index >= 15 is 0 Å². The smallest absolute Gasteiger partial charge is 0.341 e. The van der Waals surface area contributed by atoms with E-state index < -0.39 is 18.5 Å². The Hall–Kier alpha value is -2.59. The van der Waals surface area contributed by atoms with E-state index in [0.717, 1.165) is 12.8 Å². The van der Waals surface area contributed by atoms with E-state index in [1.54, 1.807) is 0 Å². The molecule has 7 heteroatoms. The van der Waals surface area contributed by atoms with Crippen LogP contribution >= 0.6 is 0 Å². The van der Waals surface area contributed by atoms with Crippen LogP contribution < -0.4 is 0 Å². The average Bonchev–Trinajstić information content (AvgIpc) is 3.14. The molecule has 0 aromatic heterocycles. The van der Waals surface area contributed by atoms with Crippen molar-refractivity contribution in [1.29, 1.82) is 0 Å². The van der Waals surface area contributed by atoms with Crippen molar-refractivity contribution < 1.29 is 29.0 Å². The number of aliphatic carboxylic acids is 1. The molecule has 2 aliphatic carbocycles. The fraction of sp³-hybridized carbons (Fsp3) is 0.864. The zero-order chi connectivity index (χ0) is 21.3. The van der Waals surface area contributed by atoms with Crippen molar-refractivity contribution in [2.24, 2.45) is 40.4 Å². The van der Waals surface area contributed by atoms with Gasteiger partial charge in [0, 0.05) is 6.42 Å². The monoisotopic (exact) mass is 663 g/mol.